The lowest BCUT2D eigenvalue weighted by molar-refractivity contribution is -0.137. The number of alkyl halides is 3. The van der Waals surface area contributed by atoms with Crippen LogP contribution in [0.15, 0.2) is 48.5 Å². The smallest absolute Gasteiger partial charge is 0.416 e. The molecular weight excluding hydrogens is 345 g/mol. The molecule has 0 heterocycles. The molecule has 2 rings (SSSR count). The molecule has 0 aromatic heterocycles. The van der Waals surface area contributed by atoms with Crippen LogP contribution in [0.1, 0.15) is 30.9 Å². The molecule has 0 aliphatic carbocycles. The lowest BCUT2D eigenvalue weighted by Gasteiger charge is -2.16. The highest BCUT2D eigenvalue weighted by molar-refractivity contribution is 5.29. The first kappa shape index (κ1) is 20.1. The van der Waals surface area contributed by atoms with E-state index in [0.717, 1.165) is 36.3 Å². The monoisotopic (exact) mass is 368 g/mol. The maximum absolute atomic E-state index is 12.5. The number of benzene rings is 2. The molecule has 3 nitrogen and oxygen atoms in total. The van der Waals surface area contributed by atoms with Gasteiger partial charge in [-0.2, -0.15) is 13.2 Å². The van der Waals surface area contributed by atoms with Gasteiger partial charge in [-0.1, -0.05) is 12.1 Å². The third-order valence-corrected chi connectivity index (χ3v) is 3.86. The van der Waals surface area contributed by atoms with Crippen LogP contribution in [-0.4, -0.2) is 24.4 Å². The Bertz CT molecular complexity index is 651. The molecular formula is C20H23F3O3. The summed E-state index contributed by atoms with van der Waals surface area (Å²) < 4.78 is 48.9. The van der Waals surface area contributed by atoms with Gasteiger partial charge in [0.1, 0.15) is 11.5 Å². The van der Waals surface area contributed by atoms with E-state index in [0.29, 0.717) is 18.8 Å². The maximum atomic E-state index is 12.5. The van der Waals surface area contributed by atoms with Crippen LogP contribution in [0.5, 0.6) is 11.5 Å². The van der Waals surface area contributed by atoms with E-state index in [-0.39, 0.29) is 12.7 Å². The Balaban J connectivity index is 1.74. The number of aliphatic hydroxyl groups is 1. The highest BCUT2D eigenvalue weighted by Crippen LogP contribution is 2.30. The van der Waals surface area contributed by atoms with Gasteiger partial charge in [0.25, 0.3) is 0 Å². The summed E-state index contributed by atoms with van der Waals surface area (Å²) in [6.45, 7) is 2.46. The van der Waals surface area contributed by atoms with Crippen LogP contribution in [0.2, 0.25) is 0 Å². The highest BCUT2D eigenvalue weighted by Gasteiger charge is 2.30. The molecule has 0 aliphatic heterocycles. The van der Waals surface area contributed by atoms with Gasteiger partial charge < -0.3 is 14.6 Å². The van der Waals surface area contributed by atoms with E-state index in [1.165, 1.54) is 12.1 Å². The molecule has 6 heteroatoms. The Kier molecular flexibility index (Phi) is 7.33. The van der Waals surface area contributed by atoms with Crippen molar-refractivity contribution < 1.29 is 27.8 Å². The van der Waals surface area contributed by atoms with E-state index in [1.54, 1.807) is 0 Å². The van der Waals surface area contributed by atoms with Crippen molar-refractivity contribution in [2.24, 2.45) is 0 Å². The van der Waals surface area contributed by atoms with E-state index >= 15 is 0 Å². The Morgan fingerprint density at radius 3 is 2.15 bits per heavy atom. The first-order valence-electron chi connectivity index (χ1n) is 8.55. The predicted molar refractivity (Wildman–Crippen MR) is 93.5 cm³/mol. The molecule has 0 aliphatic rings. The standard InChI is InChI=1S/C20H23F3O3/c1-15(26-19-10-6-17(7-11-19)20(21,22)23)12-14-25-18-8-4-16(5-9-18)3-2-13-24/h4-11,15,24H,2-3,12-14H2,1H3. The summed E-state index contributed by atoms with van der Waals surface area (Å²) in [5, 5.41) is 8.82. The molecule has 0 amide bonds. The normalized spacial score (nSPS) is 12.7. The van der Waals surface area contributed by atoms with Gasteiger partial charge in [-0.3, -0.25) is 0 Å². The highest BCUT2D eigenvalue weighted by atomic mass is 19.4. The zero-order valence-corrected chi connectivity index (χ0v) is 14.6. The lowest BCUT2D eigenvalue weighted by atomic mass is 10.1. The molecule has 2 aromatic rings. The van der Waals surface area contributed by atoms with E-state index in [2.05, 4.69) is 0 Å². The minimum atomic E-state index is -4.34. The fraction of sp³-hybridized carbons (Fsp3) is 0.400. The number of aryl methyl sites for hydroxylation is 1. The topological polar surface area (TPSA) is 38.7 Å². The van der Waals surface area contributed by atoms with Crippen LogP contribution in [0.4, 0.5) is 13.2 Å². The van der Waals surface area contributed by atoms with E-state index in [9.17, 15) is 13.2 Å². The third-order valence-electron chi connectivity index (χ3n) is 3.86. The largest absolute Gasteiger partial charge is 0.493 e. The van der Waals surface area contributed by atoms with E-state index in [1.807, 2.05) is 31.2 Å². The predicted octanol–water partition coefficient (Wildman–Crippen LogP) is 4.87. The number of aliphatic hydroxyl groups excluding tert-OH is 1. The van der Waals surface area contributed by atoms with Crippen molar-refractivity contribution in [3.8, 4) is 11.5 Å². The van der Waals surface area contributed by atoms with Gasteiger partial charge in [0, 0.05) is 13.0 Å². The van der Waals surface area contributed by atoms with E-state index < -0.39 is 11.7 Å². The third kappa shape index (κ3) is 6.59. The Morgan fingerprint density at radius 2 is 1.58 bits per heavy atom. The van der Waals surface area contributed by atoms with Gasteiger partial charge in [0.15, 0.2) is 0 Å². The summed E-state index contributed by atoms with van der Waals surface area (Å²) in [5.41, 5.74) is 0.452. The molecule has 0 fully saturated rings. The summed E-state index contributed by atoms with van der Waals surface area (Å²) in [6, 6.07) is 12.4. The molecule has 26 heavy (non-hydrogen) atoms. The van der Waals surface area contributed by atoms with Crippen LogP contribution in [0.25, 0.3) is 0 Å². The number of hydrogen-bond acceptors (Lipinski definition) is 3. The second-order valence-corrected chi connectivity index (χ2v) is 6.06. The zero-order chi connectivity index (χ0) is 19.0. The van der Waals surface area contributed by atoms with Crippen LogP contribution >= 0.6 is 0 Å². The summed E-state index contributed by atoms with van der Waals surface area (Å²) in [7, 11) is 0. The van der Waals surface area contributed by atoms with Crippen molar-refractivity contribution in [2.45, 2.75) is 38.5 Å². The average Bonchev–Trinajstić information content (AvgIpc) is 2.61. The summed E-state index contributed by atoms with van der Waals surface area (Å²) in [4.78, 5) is 0. The molecule has 1 unspecified atom stereocenters. The zero-order valence-electron chi connectivity index (χ0n) is 14.6. The fourth-order valence-corrected chi connectivity index (χ4v) is 2.39. The number of ether oxygens (including phenoxy) is 2. The fourth-order valence-electron chi connectivity index (χ4n) is 2.39. The molecule has 0 spiro atoms. The van der Waals surface area contributed by atoms with Gasteiger partial charge >= 0.3 is 6.18 Å². The maximum Gasteiger partial charge on any atom is 0.416 e. The average molecular weight is 368 g/mol. The quantitative estimate of drug-likeness (QED) is 0.687. The van der Waals surface area contributed by atoms with Gasteiger partial charge in [-0.25, -0.2) is 0 Å². The SMILES string of the molecule is CC(CCOc1ccc(CCCO)cc1)Oc1ccc(C(F)(F)F)cc1. The second-order valence-electron chi connectivity index (χ2n) is 6.06. The van der Waals surface area contributed by atoms with E-state index in [4.69, 9.17) is 14.6 Å². The Labute approximate surface area is 151 Å². The van der Waals surface area contributed by atoms with Gasteiger partial charge in [-0.05, 0) is 61.7 Å². The summed E-state index contributed by atoms with van der Waals surface area (Å²) in [6.07, 6.45) is -2.36. The number of halogens is 3. The molecule has 2 aromatic carbocycles. The first-order chi connectivity index (χ1) is 12.4. The molecule has 1 N–H and O–H groups in total. The number of hydrogen-bond donors (Lipinski definition) is 1. The van der Waals surface area contributed by atoms with Crippen molar-refractivity contribution in [2.75, 3.05) is 13.2 Å². The molecule has 0 radical (unpaired) electrons. The van der Waals surface area contributed by atoms with Gasteiger partial charge in [0.2, 0.25) is 0 Å². The second kappa shape index (κ2) is 9.48. The molecule has 0 saturated heterocycles. The molecule has 0 saturated carbocycles. The van der Waals surface area contributed by atoms with Crippen LogP contribution in [-0.2, 0) is 12.6 Å². The molecule has 1 atom stereocenters. The summed E-state index contributed by atoms with van der Waals surface area (Å²) >= 11 is 0. The van der Waals surface area contributed by atoms with Crippen molar-refractivity contribution in [1.29, 1.82) is 0 Å². The number of rotatable bonds is 9. The Morgan fingerprint density at radius 1 is 0.962 bits per heavy atom. The van der Waals surface area contributed by atoms with Gasteiger partial charge in [-0.15, -0.1) is 0 Å². The van der Waals surface area contributed by atoms with Crippen LogP contribution in [0.3, 0.4) is 0 Å². The minimum absolute atomic E-state index is 0.176. The van der Waals surface area contributed by atoms with Crippen LogP contribution in [0, 0.1) is 0 Å². The van der Waals surface area contributed by atoms with Gasteiger partial charge in [0.05, 0.1) is 18.3 Å². The first-order valence-corrected chi connectivity index (χ1v) is 8.55. The lowest BCUT2D eigenvalue weighted by Crippen LogP contribution is -2.16. The van der Waals surface area contributed by atoms with Crippen molar-refractivity contribution in [3.63, 3.8) is 0 Å². The van der Waals surface area contributed by atoms with Crippen molar-refractivity contribution in [3.05, 3.63) is 59.7 Å². The minimum Gasteiger partial charge on any atom is -0.493 e. The van der Waals surface area contributed by atoms with Crippen molar-refractivity contribution in [1.82, 2.24) is 0 Å². The Hall–Kier alpha value is -2.21. The summed E-state index contributed by atoms with van der Waals surface area (Å²) in [5.74, 6) is 1.15. The molecule has 142 valence electrons. The van der Waals surface area contributed by atoms with Crippen LogP contribution < -0.4 is 9.47 Å². The molecule has 0 bridgehead atoms. The van der Waals surface area contributed by atoms with Crippen molar-refractivity contribution >= 4 is 0 Å².